The molecule has 10 nitrogen and oxygen atoms in total. The van der Waals surface area contributed by atoms with Crippen LogP contribution < -0.4 is 37.0 Å². The fraction of sp³-hybridized carbons (Fsp3) is 0.500. The molecule has 3 atom stereocenters. The largest absolute Gasteiger partial charge is 0.497 e. The summed E-state index contributed by atoms with van der Waals surface area (Å²) in [6.07, 6.45) is 4.72. The summed E-state index contributed by atoms with van der Waals surface area (Å²) >= 11 is 0. The molecule has 3 rings (SSSR count). The molecule has 0 spiro atoms. The summed E-state index contributed by atoms with van der Waals surface area (Å²) in [4.78, 5) is 13.1. The Morgan fingerprint density at radius 2 is 1.84 bits per heavy atom. The van der Waals surface area contributed by atoms with Gasteiger partial charge in [-0.2, -0.15) is 4.98 Å². The van der Waals surface area contributed by atoms with Gasteiger partial charge in [-0.3, -0.25) is 0 Å². The number of nitrogen functional groups attached to an aromatic ring is 1. The van der Waals surface area contributed by atoms with E-state index in [1.807, 2.05) is 25.2 Å². The topological polar surface area (TPSA) is 161 Å². The van der Waals surface area contributed by atoms with Crippen molar-refractivity contribution >= 4 is 12.0 Å². The lowest BCUT2D eigenvalue weighted by molar-refractivity contribution is 0.110. The Balaban J connectivity index is 0.000000654. The number of ether oxygens (including phenoxy) is 2. The summed E-state index contributed by atoms with van der Waals surface area (Å²) in [6.45, 7) is 2.24. The Morgan fingerprint density at radius 1 is 1.22 bits per heavy atom. The van der Waals surface area contributed by atoms with Gasteiger partial charge in [0.25, 0.3) is 0 Å². The zero-order chi connectivity index (χ0) is 23.7. The van der Waals surface area contributed by atoms with Crippen molar-refractivity contribution in [2.24, 2.45) is 10.7 Å². The van der Waals surface area contributed by atoms with Gasteiger partial charge in [-0.25, -0.2) is 9.98 Å². The highest BCUT2D eigenvalue weighted by atomic mass is 16.5. The molecule has 0 aliphatic carbocycles. The van der Waals surface area contributed by atoms with Crippen molar-refractivity contribution in [1.29, 1.82) is 0 Å². The van der Waals surface area contributed by atoms with Gasteiger partial charge in [-0.05, 0) is 51.1 Å². The van der Waals surface area contributed by atoms with Crippen molar-refractivity contribution < 1.29 is 19.7 Å². The SMILES string of the molecule is CC(O)CO.CNCCCC1(N)N=c2nc(N)ncc2=CC1c1cc(OC)cc(OC)c1. The fourth-order valence-corrected chi connectivity index (χ4v) is 3.35. The number of rotatable bonds is 8. The maximum atomic E-state index is 8.11. The smallest absolute Gasteiger partial charge is 0.222 e. The summed E-state index contributed by atoms with van der Waals surface area (Å²) in [5.41, 5.74) is 13.2. The van der Waals surface area contributed by atoms with E-state index in [1.165, 1.54) is 6.92 Å². The van der Waals surface area contributed by atoms with Gasteiger partial charge in [0, 0.05) is 23.4 Å². The Labute approximate surface area is 188 Å². The van der Waals surface area contributed by atoms with Gasteiger partial charge in [-0.15, -0.1) is 0 Å². The van der Waals surface area contributed by atoms with Crippen LogP contribution in [-0.2, 0) is 0 Å². The number of benzene rings is 1. The lowest BCUT2D eigenvalue weighted by atomic mass is 9.81. The van der Waals surface area contributed by atoms with Crippen LogP contribution in [0.3, 0.4) is 0 Å². The van der Waals surface area contributed by atoms with Gasteiger partial charge < -0.3 is 36.5 Å². The van der Waals surface area contributed by atoms with Crippen molar-refractivity contribution in [2.75, 3.05) is 40.2 Å². The van der Waals surface area contributed by atoms with Crippen LogP contribution in [0.15, 0.2) is 29.4 Å². The molecule has 1 aliphatic rings. The number of nitrogens with two attached hydrogens (primary N) is 2. The molecule has 1 aliphatic heterocycles. The van der Waals surface area contributed by atoms with E-state index in [0.717, 1.165) is 23.7 Å². The van der Waals surface area contributed by atoms with Gasteiger partial charge in [0.2, 0.25) is 5.95 Å². The summed E-state index contributed by atoms with van der Waals surface area (Å²) in [6, 6.07) is 5.75. The highest BCUT2D eigenvalue weighted by Gasteiger charge is 2.36. The minimum Gasteiger partial charge on any atom is -0.497 e. The molecular formula is C22H34N6O4. The van der Waals surface area contributed by atoms with Crippen LogP contribution in [0.5, 0.6) is 11.5 Å². The van der Waals surface area contributed by atoms with Crippen molar-refractivity contribution in [1.82, 2.24) is 15.3 Å². The van der Waals surface area contributed by atoms with Gasteiger partial charge in [0.1, 0.15) is 17.2 Å². The predicted octanol–water partition coefficient (Wildman–Crippen LogP) is -0.712. The minimum atomic E-state index is -0.859. The first kappa shape index (κ1) is 25.5. The Bertz CT molecular complexity index is 978. The first-order chi connectivity index (χ1) is 15.3. The molecule has 0 radical (unpaired) electrons. The van der Waals surface area contributed by atoms with Crippen molar-refractivity contribution in [3.8, 4) is 11.5 Å². The molecule has 7 N–H and O–H groups in total. The van der Waals surface area contributed by atoms with Crippen molar-refractivity contribution in [3.63, 3.8) is 0 Å². The maximum absolute atomic E-state index is 8.11. The zero-order valence-corrected chi connectivity index (χ0v) is 19.1. The lowest BCUT2D eigenvalue weighted by Crippen LogP contribution is -2.51. The number of aliphatic hydroxyl groups is 2. The van der Waals surface area contributed by atoms with E-state index in [2.05, 4.69) is 21.4 Å². The van der Waals surface area contributed by atoms with Gasteiger partial charge in [0.15, 0.2) is 5.49 Å². The molecular weight excluding hydrogens is 412 g/mol. The molecule has 0 bridgehead atoms. The molecule has 2 heterocycles. The normalized spacial score (nSPS) is 20.0. The van der Waals surface area contributed by atoms with E-state index < -0.39 is 11.8 Å². The number of hydrogen-bond acceptors (Lipinski definition) is 10. The monoisotopic (exact) mass is 446 g/mol. The second-order valence-electron chi connectivity index (χ2n) is 7.64. The first-order valence-corrected chi connectivity index (χ1v) is 10.4. The van der Waals surface area contributed by atoms with Gasteiger partial charge >= 0.3 is 0 Å². The quantitative estimate of drug-likeness (QED) is 0.330. The van der Waals surface area contributed by atoms with E-state index in [4.69, 9.17) is 36.1 Å². The number of anilines is 1. The molecule has 32 heavy (non-hydrogen) atoms. The number of fused-ring (bicyclic) bond motifs is 1. The number of aliphatic hydroxyl groups excluding tert-OH is 2. The molecule has 10 heteroatoms. The van der Waals surface area contributed by atoms with Crippen LogP contribution in [0, 0.1) is 0 Å². The van der Waals surface area contributed by atoms with Crippen LogP contribution in [-0.4, -0.2) is 66.4 Å². The summed E-state index contributed by atoms with van der Waals surface area (Å²) in [7, 11) is 5.17. The number of hydrogen-bond donors (Lipinski definition) is 5. The second kappa shape index (κ2) is 11.7. The van der Waals surface area contributed by atoms with Crippen LogP contribution in [0.25, 0.3) is 6.08 Å². The van der Waals surface area contributed by atoms with Crippen molar-refractivity contribution in [3.05, 3.63) is 40.7 Å². The number of nitrogens with zero attached hydrogens (tertiary/aromatic N) is 3. The Hall–Kier alpha value is -2.79. The molecule has 0 saturated heterocycles. The second-order valence-corrected chi connectivity index (χ2v) is 7.64. The van der Waals surface area contributed by atoms with Crippen molar-refractivity contribution in [2.45, 2.75) is 37.5 Å². The third kappa shape index (κ3) is 6.60. The van der Waals surface area contributed by atoms with E-state index in [0.29, 0.717) is 23.4 Å². The third-order valence-corrected chi connectivity index (χ3v) is 5.01. The predicted molar refractivity (Wildman–Crippen MR) is 123 cm³/mol. The Morgan fingerprint density at radius 3 is 2.38 bits per heavy atom. The van der Waals surface area contributed by atoms with Gasteiger partial charge in [-0.1, -0.05) is 6.08 Å². The van der Waals surface area contributed by atoms with E-state index in [1.54, 1.807) is 20.4 Å². The van der Waals surface area contributed by atoms with E-state index in [9.17, 15) is 0 Å². The molecule has 3 unspecified atom stereocenters. The average molecular weight is 447 g/mol. The Kier molecular flexibility index (Phi) is 9.33. The van der Waals surface area contributed by atoms with Gasteiger partial charge in [0.05, 0.1) is 26.9 Å². The summed E-state index contributed by atoms with van der Waals surface area (Å²) in [5.74, 6) is 1.41. The molecule has 0 saturated carbocycles. The summed E-state index contributed by atoms with van der Waals surface area (Å²) < 4.78 is 10.8. The van der Waals surface area contributed by atoms with Crippen LogP contribution in [0.4, 0.5) is 5.95 Å². The highest BCUT2D eigenvalue weighted by Crippen LogP contribution is 2.37. The third-order valence-electron chi connectivity index (χ3n) is 5.01. The maximum Gasteiger partial charge on any atom is 0.222 e. The van der Waals surface area contributed by atoms with E-state index in [-0.39, 0.29) is 18.5 Å². The molecule has 176 valence electrons. The number of aromatic nitrogens is 2. The molecule has 0 amide bonds. The molecule has 0 fully saturated rings. The summed E-state index contributed by atoms with van der Waals surface area (Å²) in [5, 5.41) is 20.0. The van der Waals surface area contributed by atoms with Crippen LogP contribution in [0.2, 0.25) is 0 Å². The first-order valence-electron chi connectivity index (χ1n) is 10.4. The number of methoxy groups -OCH3 is 2. The molecule has 1 aromatic heterocycles. The van der Waals surface area contributed by atoms with Crippen LogP contribution >= 0.6 is 0 Å². The lowest BCUT2D eigenvalue weighted by Gasteiger charge is -2.34. The fourth-order valence-electron chi connectivity index (χ4n) is 3.35. The molecule has 1 aromatic carbocycles. The number of nitrogens with one attached hydrogen (secondary N) is 1. The average Bonchev–Trinajstić information content (AvgIpc) is 2.78. The van der Waals surface area contributed by atoms with E-state index >= 15 is 0 Å². The highest BCUT2D eigenvalue weighted by molar-refractivity contribution is 5.50. The van der Waals surface area contributed by atoms with Crippen LogP contribution in [0.1, 0.15) is 31.2 Å². The standard InChI is InChI=1S/C19H26N6O2.C3H8O2/c1-22-6-4-5-19(21)16(9-13-11-23-18(20)24-17(13)25-19)12-7-14(26-2)10-15(8-12)27-3;1-3(5)2-4/h7-11,16,22H,4-6,21H2,1-3H3,(H2,20,24,25);3-5H,2H2,1H3. The minimum absolute atomic E-state index is 0.139. The zero-order valence-electron chi connectivity index (χ0n) is 19.1. The molecule has 2 aromatic rings.